The molecule has 0 saturated heterocycles. The van der Waals surface area contributed by atoms with Crippen LogP contribution in [0.15, 0.2) is 50.2 Å². The second-order valence-corrected chi connectivity index (χ2v) is 8.37. The van der Waals surface area contributed by atoms with Crippen molar-refractivity contribution in [3.05, 3.63) is 55.9 Å². The summed E-state index contributed by atoms with van der Waals surface area (Å²) in [6.07, 6.45) is 0. The Labute approximate surface area is 139 Å². The standard InChI is InChI=1S/C13H10Br2ClNO2S/c14-9-2-1-8(11(16)5-9)7-20(18,19)13-6-10(15)3-4-12(13)17/h1-6H,7,17H2. The van der Waals surface area contributed by atoms with Gasteiger partial charge in [0.2, 0.25) is 0 Å². The topological polar surface area (TPSA) is 60.2 Å². The molecule has 0 heterocycles. The van der Waals surface area contributed by atoms with Gasteiger partial charge in [0.1, 0.15) is 0 Å². The molecule has 0 aliphatic heterocycles. The van der Waals surface area contributed by atoms with Gasteiger partial charge in [-0.05, 0) is 35.9 Å². The molecule has 2 aromatic rings. The van der Waals surface area contributed by atoms with E-state index in [1.807, 2.05) is 0 Å². The maximum absolute atomic E-state index is 12.4. The zero-order valence-corrected chi connectivity index (χ0v) is 14.9. The highest BCUT2D eigenvalue weighted by Crippen LogP contribution is 2.29. The molecule has 0 aliphatic rings. The SMILES string of the molecule is Nc1ccc(Br)cc1S(=O)(=O)Cc1ccc(Br)cc1Cl. The van der Waals surface area contributed by atoms with E-state index in [0.29, 0.717) is 15.1 Å². The van der Waals surface area contributed by atoms with Gasteiger partial charge < -0.3 is 5.73 Å². The molecule has 0 amide bonds. The fraction of sp³-hybridized carbons (Fsp3) is 0.0769. The van der Waals surface area contributed by atoms with E-state index in [4.69, 9.17) is 17.3 Å². The van der Waals surface area contributed by atoms with Crippen LogP contribution in [0.2, 0.25) is 5.02 Å². The smallest absolute Gasteiger partial charge is 0.184 e. The molecule has 3 nitrogen and oxygen atoms in total. The molecule has 2 aromatic carbocycles. The molecule has 20 heavy (non-hydrogen) atoms. The molecule has 0 fully saturated rings. The lowest BCUT2D eigenvalue weighted by atomic mass is 10.2. The summed E-state index contributed by atoms with van der Waals surface area (Å²) in [7, 11) is -3.56. The zero-order valence-electron chi connectivity index (χ0n) is 10.1. The van der Waals surface area contributed by atoms with Crippen molar-refractivity contribution in [2.45, 2.75) is 10.6 Å². The van der Waals surface area contributed by atoms with Crippen molar-refractivity contribution in [2.24, 2.45) is 0 Å². The fourth-order valence-corrected chi connectivity index (χ4v) is 4.58. The van der Waals surface area contributed by atoms with Crippen LogP contribution in [0.25, 0.3) is 0 Å². The van der Waals surface area contributed by atoms with Crippen LogP contribution >= 0.6 is 43.5 Å². The predicted octanol–water partition coefficient (Wildman–Crippen LogP) is 4.42. The Morgan fingerprint density at radius 1 is 1.05 bits per heavy atom. The summed E-state index contributed by atoms with van der Waals surface area (Å²) in [5.41, 5.74) is 6.51. The first-order valence-electron chi connectivity index (χ1n) is 5.51. The van der Waals surface area contributed by atoms with Gasteiger partial charge in [0.15, 0.2) is 9.84 Å². The van der Waals surface area contributed by atoms with Crippen LogP contribution in [0.4, 0.5) is 5.69 Å². The third-order valence-electron chi connectivity index (χ3n) is 2.67. The largest absolute Gasteiger partial charge is 0.398 e. The lowest BCUT2D eigenvalue weighted by molar-refractivity contribution is 0.595. The molecule has 2 N–H and O–H groups in total. The number of rotatable bonds is 3. The molecular formula is C13H10Br2ClNO2S. The van der Waals surface area contributed by atoms with Crippen LogP contribution in [0.3, 0.4) is 0 Å². The van der Waals surface area contributed by atoms with Crippen molar-refractivity contribution >= 4 is 59.0 Å². The van der Waals surface area contributed by atoms with Crippen LogP contribution in [0, 0.1) is 0 Å². The average Bonchev–Trinajstić information content (AvgIpc) is 2.35. The van der Waals surface area contributed by atoms with Gasteiger partial charge in [0, 0.05) is 14.0 Å². The minimum absolute atomic E-state index is 0.103. The summed E-state index contributed by atoms with van der Waals surface area (Å²) >= 11 is 12.6. The summed E-state index contributed by atoms with van der Waals surface area (Å²) in [6.45, 7) is 0. The Morgan fingerprint density at radius 3 is 2.30 bits per heavy atom. The summed E-state index contributed by atoms with van der Waals surface area (Å²) in [6, 6.07) is 9.84. The van der Waals surface area contributed by atoms with Crippen LogP contribution in [-0.2, 0) is 15.6 Å². The Balaban J connectivity index is 2.43. The van der Waals surface area contributed by atoms with E-state index >= 15 is 0 Å². The van der Waals surface area contributed by atoms with Gasteiger partial charge in [0.05, 0.1) is 16.3 Å². The first-order chi connectivity index (χ1) is 9.29. The van der Waals surface area contributed by atoms with E-state index in [1.54, 1.807) is 30.3 Å². The Kier molecular flexibility index (Phi) is 4.79. The number of hydrogen-bond donors (Lipinski definition) is 1. The molecule has 106 valence electrons. The molecule has 0 saturated carbocycles. The van der Waals surface area contributed by atoms with Gasteiger partial charge in [-0.2, -0.15) is 0 Å². The maximum Gasteiger partial charge on any atom is 0.184 e. The van der Waals surface area contributed by atoms with Gasteiger partial charge in [-0.15, -0.1) is 0 Å². The van der Waals surface area contributed by atoms with Crippen LogP contribution in [-0.4, -0.2) is 8.42 Å². The first kappa shape index (κ1) is 15.8. The Morgan fingerprint density at radius 2 is 1.65 bits per heavy atom. The van der Waals surface area contributed by atoms with Gasteiger partial charge >= 0.3 is 0 Å². The van der Waals surface area contributed by atoms with Gasteiger partial charge in [-0.25, -0.2) is 8.42 Å². The van der Waals surface area contributed by atoms with Crippen molar-refractivity contribution in [1.82, 2.24) is 0 Å². The van der Waals surface area contributed by atoms with E-state index in [9.17, 15) is 8.42 Å². The highest BCUT2D eigenvalue weighted by atomic mass is 79.9. The molecule has 0 atom stereocenters. The monoisotopic (exact) mass is 437 g/mol. The number of nitrogen functional groups attached to an aromatic ring is 1. The molecular weight excluding hydrogens is 429 g/mol. The van der Waals surface area contributed by atoms with Crippen LogP contribution in [0.1, 0.15) is 5.56 Å². The second-order valence-electron chi connectivity index (χ2n) is 4.18. The summed E-state index contributed by atoms with van der Waals surface area (Å²) in [5, 5.41) is 0.400. The van der Waals surface area contributed by atoms with Crippen molar-refractivity contribution in [3.8, 4) is 0 Å². The molecule has 0 radical (unpaired) electrons. The molecule has 2 rings (SSSR count). The van der Waals surface area contributed by atoms with Crippen molar-refractivity contribution < 1.29 is 8.42 Å². The number of benzene rings is 2. The molecule has 0 unspecified atom stereocenters. The number of anilines is 1. The highest BCUT2D eigenvalue weighted by molar-refractivity contribution is 9.10. The van der Waals surface area contributed by atoms with Gasteiger partial charge in [-0.1, -0.05) is 49.5 Å². The van der Waals surface area contributed by atoms with E-state index in [2.05, 4.69) is 31.9 Å². The second kappa shape index (κ2) is 6.05. The Bertz CT molecular complexity index is 763. The molecule has 0 bridgehead atoms. The third-order valence-corrected chi connectivity index (χ3v) is 5.72. The summed E-state index contributed by atoms with van der Waals surface area (Å²) < 4.78 is 26.3. The molecule has 0 aliphatic carbocycles. The van der Waals surface area contributed by atoms with E-state index in [0.717, 1.165) is 4.47 Å². The van der Waals surface area contributed by atoms with Crippen LogP contribution < -0.4 is 5.73 Å². The Hall–Kier alpha value is -0.560. The van der Waals surface area contributed by atoms with Crippen LogP contribution in [0.5, 0.6) is 0 Å². The van der Waals surface area contributed by atoms with E-state index < -0.39 is 9.84 Å². The number of sulfone groups is 1. The third kappa shape index (κ3) is 3.55. The highest BCUT2D eigenvalue weighted by Gasteiger charge is 2.20. The van der Waals surface area contributed by atoms with E-state index in [1.165, 1.54) is 6.07 Å². The summed E-state index contributed by atoms with van der Waals surface area (Å²) in [5.74, 6) is -0.195. The normalized spacial score (nSPS) is 11.6. The fourth-order valence-electron chi connectivity index (χ4n) is 1.70. The van der Waals surface area contributed by atoms with Crippen molar-refractivity contribution in [1.29, 1.82) is 0 Å². The van der Waals surface area contributed by atoms with Crippen molar-refractivity contribution in [3.63, 3.8) is 0 Å². The lowest BCUT2D eigenvalue weighted by Gasteiger charge is -2.09. The minimum atomic E-state index is -3.56. The number of nitrogens with two attached hydrogens (primary N) is 1. The number of halogens is 3. The predicted molar refractivity (Wildman–Crippen MR) is 88.6 cm³/mol. The minimum Gasteiger partial charge on any atom is -0.398 e. The van der Waals surface area contributed by atoms with Gasteiger partial charge in [-0.3, -0.25) is 0 Å². The molecule has 0 spiro atoms. The van der Waals surface area contributed by atoms with Gasteiger partial charge in [0.25, 0.3) is 0 Å². The van der Waals surface area contributed by atoms with E-state index in [-0.39, 0.29) is 16.3 Å². The molecule has 7 heteroatoms. The van der Waals surface area contributed by atoms with Crippen molar-refractivity contribution in [2.75, 3.05) is 5.73 Å². The number of hydrogen-bond acceptors (Lipinski definition) is 3. The lowest BCUT2D eigenvalue weighted by Crippen LogP contribution is -2.08. The molecule has 0 aromatic heterocycles. The zero-order chi connectivity index (χ0) is 14.9. The quantitative estimate of drug-likeness (QED) is 0.720. The first-order valence-corrected chi connectivity index (χ1v) is 9.13. The summed E-state index contributed by atoms with van der Waals surface area (Å²) in [4.78, 5) is 0.103. The maximum atomic E-state index is 12.4. The average molecular weight is 440 g/mol.